The van der Waals surface area contributed by atoms with E-state index in [1.54, 1.807) is 0 Å². The van der Waals surface area contributed by atoms with Crippen LogP contribution in [-0.4, -0.2) is 42.9 Å². The zero-order valence-corrected chi connectivity index (χ0v) is 16.4. The van der Waals surface area contributed by atoms with Crippen molar-refractivity contribution >= 4 is 5.91 Å². The van der Waals surface area contributed by atoms with E-state index in [0.717, 1.165) is 30.6 Å². The number of amides is 1. The van der Waals surface area contributed by atoms with E-state index >= 15 is 0 Å². The van der Waals surface area contributed by atoms with Gasteiger partial charge in [0, 0.05) is 25.2 Å². The van der Waals surface area contributed by atoms with Gasteiger partial charge in [-0.2, -0.15) is 0 Å². The Morgan fingerprint density at radius 3 is 2.15 bits per heavy atom. The fraction of sp³-hybridized carbons (Fsp3) is 0.435. The van der Waals surface area contributed by atoms with Crippen LogP contribution < -0.4 is 0 Å². The van der Waals surface area contributed by atoms with Gasteiger partial charge in [0.25, 0.3) is 5.91 Å². The molecule has 0 N–H and O–H groups in total. The minimum absolute atomic E-state index is 0.107. The lowest BCUT2D eigenvalue weighted by Gasteiger charge is -2.25. The molecule has 0 heterocycles. The molecule has 0 fully saturated rings. The molecule has 0 unspecified atom stereocenters. The third kappa shape index (κ3) is 6.64. The first-order valence-corrected chi connectivity index (χ1v) is 9.67. The van der Waals surface area contributed by atoms with Crippen LogP contribution in [0.2, 0.25) is 0 Å². The number of likely N-dealkylation sites (N-methyl/N-ethyl adjacent to an activating group) is 1. The normalized spacial score (nSPS) is 10.9. The van der Waals surface area contributed by atoms with Crippen LogP contribution in [0.1, 0.15) is 47.7 Å². The summed E-state index contributed by atoms with van der Waals surface area (Å²) in [6.07, 6.45) is 4.80. The maximum atomic E-state index is 13.0. The molecule has 1 amide bonds. The third-order valence-corrected chi connectivity index (χ3v) is 4.59. The van der Waals surface area contributed by atoms with E-state index in [2.05, 4.69) is 36.1 Å². The monoisotopic (exact) mass is 352 g/mol. The minimum Gasteiger partial charge on any atom is -0.333 e. The lowest BCUT2D eigenvalue weighted by atomic mass is 10.0. The fourth-order valence-electron chi connectivity index (χ4n) is 2.95. The number of carbonyl (C=O) groups is 1. The van der Waals surface area contributed by atoms with Crippen LogP contribution in [0.4, 0.5) is 0 Å². The first-order valence-electron chi connectivity index (χ1n) is 9.67. The molecule has 0 aliphatic carbocycles. The average molecular weight is 353 g/mol. The molecule has 3 nitrogen and oxygen atoms in total. The van der Waals surface area contributed by atoms with Crippen LogP contribution in [0.15, 0.2) is 54.6 Å². The van der Waals surface area contributed by atoms with E-state index in [0.29, 0.717) is 6.54 Å². The number of aryl methyl sites for hydroxylation is 1. The van der Waals surface area contributed by atoms with Gasteiger partial charge in [-0.05, 0) is 50.2 Å². The molecule has 0 aromatic heterocycles. The van der Waals surface area contributed by atoms with Gasteiger partial charge in [-0.15, -0.1) is 0 Å². The molecule has 0 spiro atoms. The molecule has 0 saturated heterocycles. The third-order valence-electron chi connectivity index (χ3n) is 4.59. The molecular formula is C23H32N2O. The van der Waals surface area contributed by atoms with Crippen molar-refractivity contribution in [1.29, 1.82) is 0 Å². The zero-order chi connectivity index (χ0) is 18.8. The van der Waals surface area contributed by atoms with E-state index in [1.165, 1.54) is 24.8 Å². The average Bonchev–Trinajstić information content (AvgIpc) is 2.66. The van der Waals surface area contributed by atoms with E-state index in [9.17, 15) is 4.79 Å². The van der Waals surface area contributed by atoms with Gasteiger partial charge in [-0.1, -0.05) is 62.2 Å². The predicted octanol–water partition coefficient (Wildman–Crippen LogP) is 4.62. The summed E-state index contributed by atoms with van der Waals surface area (Å²) in [5.41, 5.74) is 3.26. The van der Waals surface area contributed by atoms with Gasteiger partial charge in [0.1, 0.15) is 0 Å². The Kier molecular flexibility index (Phi) is 8.36. The van der Waals surface area contributed by atoms with Crippen molar-refractivity contribution < 1.29 is 4.79 Å². The first kappa shape index (κ1) is 20.2. The highest BCUT2D eigenvalue weighted by Gasteiger charge is 2.16. The summed E-state index contributed by atoms with van der Waals surface area (Å²) in [5, 5.41) is 0. The molecule has 2 rings (SSSR count). The standard InChI is InChI=1S/C23H32N2O/c1-4-5-7-10-20-13-15-22(16-14-20)23(26)25(18-17-24(2)3)19-21-11-8-6-9-12-21/h6,8-9,11-16H,4-5,7,10,17-19H2,1-3H3. The van der Waals surface area contributed by atoms with Gasteiger partial charge in [0.05, 0.1) is 0 Å². The highest BCUT2D eigenvalue weighted by molar-refractivity contribution is 5.94. The van der Waals surface area contributed by atoms with E-state index in [4.69, 9.17) is 0 Å². The number of hydrogen-bond acceptors (Lipinski definition) is 2. The Labute approximate surface area is 158 Å². The summed E-state index contributed by atoms with van der Waals surface area (Å²) in [6, 6.07) is 18.4. The van der Waals surface area contributed by atoms with Gasteiger partial charge >= 0.3 is 0 Å². The summed E-state index contributed by atoms with van der Waals surface area (Å²) in [7, 11) is 4.08. The molecule has 0 aliphatic heterocycles. The topological polar surface area (TPSA) is 23.6 Å². The molecule has 2 aromatic rings. The van der Waals surface area contributed by atoms with E-state index < -0.39 is 0 Å². The summed E-state index contributed by atoms with van der Waals surface area (Å²) in [6.45, 7) is 4.44. The van der Waals surface area contributed by atoms with Crippen molar-refractivity contribution in [3.8, 4) is 0 Å². The number of rotatable bonds is 10. The maximum Gasteiger partial charge on any atom is 0.254 e. The Hall–Kier alpha value is -2.13. The molecule has 26 heavy (non-hydrogen) atoms. The number of unbranched alkanes of at least 4 members (excludes halogenated alkanes) is 2. The Bertz CT molecular complexity index is 650. The lowest BCUT2D eigenvalue weighted by molar-refractivity contribution is 0.0732. The van der Waals surface area contributed by atoms with Crippen molar-refractivity contribution in [2.24, 2.45) is 0 Å². The van der Waals surface area contributed by atoms with Crippen LogP contribution in [0.25, 0.3) is 0 Å². The van der Waals surface area contributed by atoms with Gasteiger partial charge in [0.15, 0.2) is 0 Å². The van der Waals surface area contributed by atoms with Crippen molar-refractivity contribution in [2.45, 2.75) is 39.2 Å². The Morgan fingerprint density at radius 1 is 0.846 bits per heavy atom. The van der Waals surface area contributed by atoms with Gasteiger partial charge in [0.2, 0.25) is 0 Å². The number of carbonyl (C=O) groups excluding carboxylic acids is 1. The van der Waals surface area contributed by atoms with Gasteiger partial charge in [-0.3, -0.25) is 4.79 Å². The van der Waals surface area contributed by atoms with Crippen molar-refractivity contribution in [2.75, 3.05) is 27.2 Å². The molecule has 0 bridgehead atoms. The number of benzene rings is 2. The van der Waals surface area contributed by atoms with Crippen LogP contribution in [0.5, 0.6) is 0 Å². The van der Waals surface area contributed by atoms with Crippen LogP contribution in [-0.2, 0) is 13.0 Å². The van der Waals surface area contributed by atoms with Crippen LogP contribution >= 0.6 is 0 Å². The highest BCUT2D eigenvalue weighted by Crippen LogP contribution is 2.13. The van der Waals surface area contributed by atoms with E-state index in [1.807, 2.05) is 49.3 Å². The molecule has 0 aliphatic rings. The lowest BCUT2D eigenvalue weighted by Crippen LogP contribution is -2.36. The second kappa shape index (κ2) is 10.8. The summed E-state index contributed by atoms with van der Waals surface area (Å²) in [5.74, 6) is 0.107. The van der Waals surface area contributed by atoms with Crippen molar-refractivity contribution in [1.82, 2.24) is 9.80 Å². The zero-order valence-electron chi connectivity index (χ0n) is 16.4. The Morgan fingerprint density at radius 2 is 1.54 bits per heavy atom. The molecule has 140 valence electrons. The van der Waals surface area contributed by atoms with Gasteiger partial charge in [-0.25, -0.2) is 0 Å². The number of nitrogens with zero attached hydrogens (tertiary/aromatic N) is 2. The quantitative estimate of drug-likeness (QED) is 0.582. The first-order chi connectivity index (χ1) is 12.6. The predicted molar refractivity (Wildman–Crippen MR) is 109 cm³/mol. The minimum atomic E-state index is 0.107. The van der Waals surface area contributed by atoms with Crippen LogP contribution in [0.3, 0.4) is 0 Å². The SMILES string of the molecule is CCCCCc1ccc(C(=O)N(CCN(C)C)Cc2ccccc2)cc1. The van der Waals surface area contributed by atoms with Crippen molar-refractivity contribution in [3.05, 3.63) is 71.3 Å². The molecule has 2 aromatic carbocycles. The number of hydrogen-bond donors (Lipinski definition) is 0. The van der Waals surface area contributed by atoms with Crippen LogP contribution in [0, 0.1) is 0 Å². The fourth-order valence-corrected chi connectivity index (χ4v) is 2.95. The molecular weight excluding hydrogens is 320 g/mol. The summed E-state index contributed by atoms with van der Waals surface area (Å²) in [4.78, 5) is 17.1. The highest BCUT2D eigenvalue weighted by atomic mass is 16.2. The second-order valence-electron chi connectivity index (χ2n) is 7.17. The molecule has 3 heteroatoms. The second-order valence-corrected chi connectivity index (χ2v) is 7.17. The largest absolute Gasteiger partial charge is 0.333 e. The molecule has 0 saturated carbocycles. The van der Waals surface area contributed by atoms with Crippen molar-refractivity contribution in [3.63, 3.8) is 0 Å². The smallest absolute Gasteiger partial charge is 0.254 e. The van der Waals surface area contributed by atoms with E-state index in [-0.39, 0.29) is 5.91 Å². The van der Waals surface area contributed by atoms with Gasteiger partial charge < -0.3 is 9.80 Å². The Balaban J connectivity index is 2.06. The summed E-state index contributed by atoms with van der Waals surface area (Å²) >= 11 is 0. The maximum absolute atomic E-state index is 13.0. The summed E-state index contributed by atoms with van der Waals surface area (Å²) < 4.78 is 0. The molecule has 0 atom stereocenters. The molecule has 0 radical (unpaired) electrons.